The van der Waals surface area contributed by atoms with E-state index < -0.39 is 0 Å². The maximum absolute atomic E-state index is 11.9. The molecule has 3 N–H and O–H groups in total. The number of rotatable bonds is 4. The standard InChI is InChI=1S/C12H24N2O/c1-11(2,3)7-8-14-10(15)12(9-13)5-4-6-12/h4-9,13H2,1-3H3,(H,14,15). The topological polar surface area (TPSA) is 55.1 Å². The van der Waals surface area contributed by atoms with Crippen LogP contribution in [0.15, 0.2) is 0 Å². The van der Waals surface area contributed by atoms with Crippen molar-refractivity contribution in [1.29, 1.82) is 0 Å². The zero-order valence-corrected chi connectivity index (χ0v) is 10.2. The molecular formula is C12H24N2O. The summed E-state index contributed by atoms with van der Waals surface area (Å²) < 4.78 is 0. The second-order valence-corrected chi connectivity index (χ2v) is 5.90. The molecule has 1 amide bonds. The predicted molar refractivity (Wildman–Crippen MR) is 62.4 cm³/mol. The summed E-state index contributed by atoms with van der Waals surface area (Å²) in [6.45, 7) is 7.81. The highest BCUT2D eigenvalue weighted by Crippen LogP contribution is 2.39. The lowest BCUT2D eigenvalue weighted by molar-refractivity contribution is -0.135. The molecule has 1 aliphatic carbocycles. The smallest absolute Gasteiger partial charge is 0.227 e. The van der Waals surface area contributed by atoms with Crippen molar-refractivity contribution < 1.29 is 4.79 Å². The Balaban J connectivity index is 2.30. The Kier molecular flexibility index (Phi) is 3.77. The number of hydrogen-bond acceptors (Lipinski definition) is 2. The molecule has 3 heteroatoms. The highest BCUT2D eigenvalue weighted by atomic mass is 16.2. The summed E-state index contributed by atoms with van der Waals surface area (Å²) in [4.78, 5) is 11.9. The van der Waals surface area contributed by atoms with Crippen molar-refractivity contribution in [2.45, 2.75) is 46.5 Å². The first-order valence-corrected chi connectivity index (χ1v) is 5.88. The Hall–Kier alpha value is -0.570. The largest absolute Gasteiger partial charge is 0.356 e. The fourth-order valence-corrected chi connectivity index (χ4v) is 1.87. The van der Waals surface area contributed by atoms with Gasteiger partial charge in [-0.2, -0.15) is 0 Å². The molecule has 1 fully saturated rings. The van der Waals surface area contributed by atoms with Crippen LogP contribution in [0.5, 0.6) is 0 Å². The molecule has 0 aromatic carbocycles. The van der Waals surface area contributed by atoms with Gasteiger partial charge in [-0.3, -0.25) is 4.79 Å². The van der Waals surface area contributed by atoms with Gasteiger partial charge in [0.15, 0.2) is 0 Å². The molecule has 0 bridgehead atoms. The van der Waals surface area contributed by atoms with Gasteiger partial charge >= 0.3 is 0 Å². The molecule has 0 aromatic rings. The predicted octanol–water partition coefficient (Wildman–Crippen LogP) is 1.67. The Morgan fingerprint density at radius 1 is 1.40 bits per heavy atom. The van der Waals surface area contributed by atoms with Crippen LogP contribution in [0.4, 0.5) is 0 Å². The monoisotopic (exact) mass is 212 g/mol. The average molecular weight is 212 g/mol. The summed E-state index contributed by atoms with van der Waals surface area (Å²) in [5, 5.41) is 3.01. The quantitative estimate of drug-likeness (QED) is 0.744. The van der Waals surface area contributed by atoms with E-state index in [-0.39, 0.29) is 16.7 Å². The van der Waals surface area contributed by atoms with Gasteiger partial charge in [0.25, 0.3) is 0 Å². The zero-order chi connectivity index (χ0) is 11.5. The maximum Gasteiger partial charge on any atom is 0.227 e. The Morgan fingerprint density at radius 2 is 2.00 bits per heavy atom. The van der Waals surface area contributed by atoms with E-state index in [0.717, 1.165) is 32.2 Å². The van der Waals surface area contributed by atoms with Gasteiger partial charge in [-0.15, -0.1) is 0 Å². The first-order chi connectivity index (χ1) is 6.90. The Morgan fingerprint density at radius 3 is 2.33 bits per heavy atom. The van der Waals surface area contributed by atoms with E-state index in [0.29, 0.717) is 6.54 Å². The lowest BCUT2D eigenvalue weighted by Crippen LogP contribution is -2.50. The SMILES string of the molecule is CC(C)(C)CCNC(=O)C1(CN)CCC1. The van der Waals surface area contributed by atoms with Crippen molar-refractivity contribution in [2.75, 3.05) is 13.1 Å². The first-order valence-electron chi connectivity index (χ1n) is 5.88. The average Bonchev–Trinajstić information content (AvgIpc) is 2.00. The molecular weight excluding hydrogens is 188 g/mol. The summed E-state index contributed by atoms with van der Waals surface area (Å²) in [5.74, 6) is 0.167. The van der Waals surface area contributed by atoms with Crippen LogP contribution in [0.3, 0.4) is 0 Å². The molecule has 1 saturated carbocycles. The first kappa shape index (κ1) is 12.5. The molecule has 15 heavy (non-hydrogen) atoms. The van der Waals surface area contributed by atoms with Crippen molar-refractivity contribution in [3.05, 3.63) is 0 Å². The van der Waals surface area contributed by atoms with Gasteiger partial charge in [0.2, 0.25) is 5.91 Å². The number of carbonyl (C=O) groups is 1. The van der Waals surface area contributed by atoms with Gasteiger partial charge in [0.1, 0.15) is 0 Å². The van der Waals surface area contributed by atoms with Crippen LogP contribution >= 0.6 is 0 Å². The third-order valence-corrected chi connectivity index (χ3v) is 3.34. The minimum atomic E-state index is -0.224. The molecule has 88 valence electrons. The van der Waals surface area contributed by atoms with Gasteiger partial charge in [-0.1, -0.05) is 27.2 Å². The molecule has 0 radical (unpaired) electrons. The van der Waals surface area contributed by atoms with E-state index >= 15 is 0 Å². The Labute approximate surface area is 92.8 Å². The highest BCUT2D eigenvalue weighted by molar-refractivity contribution is 5.83. The van der Waals surface area contributed by atoms with Crippen LogP contribution in [0, 0.1) is 10.8 Å². The molecule has 3 nitrogen and oxygen atoms in total. The molecule has 0 heterocycles. The van der Waals surface area contributed by atoms with Gasteiger partial charge in [-0.25, -0.2) is 0 Å². The van der Waals surface area contributed by atoms with Crippen LogP contribution in [0.25, 0.3) is 0 Å². The molecule has 0 unspecified atom stereocenters. The van der Waals surface area contributed by atoms with E-state index in [2.05, 4.69) is 26.1 Å². The van der Waals surface area contributed by atoms with Crippen LogP contribution in [0.1, 0.15) is 46.5 Å². The lowest BCUT2D eigenvalue weighted by atomic mass is 9.68. The van der Waals surface area contributed by atoms with Crippen molar-refractivity contribution in [1.82, 2.24) is 5.32 Å². The number of hydrogen-bond donors (Lipinski definition) is 2. The number of nitrogens with two attached hydrogens (primary N) is 1. The highest BCUT2D eigenvalue weighted by Gasteiger charge is 2.42. The van der Waals surface area contributed by atoms with Crippen molar-refractivity contribution >= 4 is 5.91 Å². The molecule has 1 aliphatic rings. The minimum absolute atomic E-state index is 0.167. The van der Waals surface area contributed by atoms with Crippen molar-refractivity contribution in [3.8, 4) is 0 Å². The van der Waals surface area contributed by atoms with E-state index in [1.807, 2.05) is 0 Å². The van der Waals surface area contributed by atoms with E-state index in [9.17, 15) is 4.79 Å². The van der Waals surface area contributed by atoms with E-state index in [1.165, 1.54) is 0 Å². The van der Waals surface area contributed by atoms with Gasteiger partial charge in [-0.05, 0) is 24.7 Å². The zero-order valence-electron chi connectivity index (χ0n) is 10.2. The third-order valence-electron chi connectivity index (χ3n) is 3.34. The number of carbonyl (C=O) groups excluding carboxylic acids is 1. The third kappa shape index (κ3) is 3.20. The van der Waals surface area contributed by atoms with Crippen LogP contribution in [-0.4, -0.2) is 19.0 Å². The minimum Gasteiger partial charge on any atom is -0.356 e. The second-order valence-electron chi connectivity index (χ2n) is 5.90. The molecule has 0 aromatic heterocycles. The van der Waals surface area contributed by atoms with E-state index in [4.69, 9.17) is 5.73 Å². The summed E-state index contributed by atoms with van der Waals surface area (Å²) in [7, 11) is 0. The maximum atomic E-state index is 11.9. The normalized spacial score (nSPS) is 19.5. The lowest BCUT2D eigenvalue weighted by Gasteiger charge is -2.39. The summed E-state index contributed by atoms with van der Waals surface area (Å²) >= 11 is 0. The molecule has 0 aliphatic heterocycles. The molecule has 0 spiro atoms. The fourth-order valence-electron chi connectivity index (χ4n) is 1.87. The fraction of sp³-hybridized carbons (Fsp3) is 0.917. The summed E-state index contributed by atoms with van der Waals surface area (Å²) in [6.07, 6.45) is 4.08. The van der Waals surface area contributed by atoms with Crippen LogP contribution < -0.4 is 11.1 Å². The molecule has 0 atom stereocenters. The number of nitrogens with one attached hydrogen (secondary N) is 1. The second kappa shape index (κ2) is 4.52. The van der Waals surface area contributed by atoms with Gasteiger partial charge in [0, 0.05) is 13.1 Å². The molecule has 1 rings (SSSR count). The Bertz CT molecular complexity index is 221. The van der Waals surface area contributed by atoms with Gasteiger partial charge < -0.3 is 11.1 Å². The van der Waals surface area contributed by atoms with Gasteiger partial charge in [0.05, 0.1) is 5.41 Å². The van der Waals surface area contributed by atoms with Crippen LogP contribution in [-0.2, 0) is 4.79 Å². The van der Waals surface area contributed by atoms with E-state index in [1.54, 1.807) is 0 Å². The number of amides is 1. The summed E-state index contributed by atoms with van der Waals surface area (Å²) in [6, 6.07) is 0. The van der Waals surface area contributed by atoms with Crippen molar-refractivity contribution in [3.63, 3.8) is 0 Å². The van der Waals surface area contributed by atoms with Crippen LogP contribution in [0.2, 0.25) is 0 Å². The summed E-state index contributed by atoms with van der Waals surface area (Å²) in [5.41, 5.74) is 5.72. The molecule has 0 saturated heterocycles. The van der Waals surface area contributed by atoms with Crippen molar-refractivity contribution in [2.24, 2.45) is 16.6 Å².